The molecule has 3 rings (SSSR count). The van der Waals surface area contributed by atoms with Gasteiger partial charge in [0.1, 0.15) is 5.75 Å². The summed E-state index contributed by atoms with van der Waals surface area (Å²) in [5, 5.41) is 8.97. The highest BCUT2D eigenvalue weighted by Crippen LogP contribution is 2.44. The smallest absolute Gasteiger partial charge is 0.126 e. The molecule has 0 aromatic heterocycles. The lowest BCUT2D eigenvalue weighted by atomic mass is 9.81. The quantitative estimate of drug-likeness (QED) is 0.778. The van der Waals surface area contributed by atoms with Crippen LogP contribution >= 0.6 is 0 Å². The average Bonchev–Trinajstić information content (AvgIpc) is 2.54. The molecule has 112 valence electrons. The first-order chi connectivity index (χ1) is 10.3. The van der Waals surface area contributed by atoms with Gasteiger partial charge in [-0.2, -0.15) is 5.26 Å². The van der Waals surface area contributed by atoms with Crippen LogP contribution in [0.4, 0.5) is 0 Å². The van der Waals surface area contributed by atoms with Crippen LogP contribution in [0.5, 0.6) is 5.75 Å². The number of nitrogens with zero attached hydrogens (tertiary/aromatic N) is 1. The van der Waals surface area contributed by atoms with Crippen LogP contribution < -0.4 is 4.74 Å². The molecule has 1 aromatic rings. The first kappa shape index (κ1) is 14.4. The highest BCUT2D eigenvalue weighted by atomic mass is 16.5. The maximum absolute atomic E-state index is 8.97. The van der Waals surface area contributed by atoms with E-state index in [1.54, 1.807) is 0 Å². The number of benzene rings is 1. The second-order valence-electron chi connectivity index (χ2n) is 6.29. The van der Waals surface area contributed by atoms with Gasteiger partial charge in [0.05, 0.1) is 31.0 Å². The maximum Gasteiger partial charge on any atom is 0.126 e. The highest BCUT2D eigenvalue weighted by Gasteiger charge is 2.37. The molecular formula is C18H23NO2. The highest BCUT2D eigenvalue weighted by molar-refractivity contribution is 5.45. The summed E-state index contributed by atoms with van der Waals surface area (Å²) in [5.41, 5.74) is 1.78. The van der Waals surface area contributed by atoms with Crippen LogP contribution in [0, 0.1) is 23.2 Å². The van der Waals surface area contributed by atoms with Gasteiger partial charge in [-0.05, 0) is 30.9 Å². The molecular weight excluding hydrogens is 262 g/mol. The fourth-order valence-corrected chi connectivity index (χ4v) is 3.54. The Morgan fingerprint density at radius 1 is 1.29 bits per heavy atom. The van der Waals surface area contributed by atoms with Gasteiger partial charge in [-0.25, -0.2) is 0 Å². The number of hydrogen-bond donors (Lipinski definition) is 0. The fraction of sp³-hybridized carbons (Fsp3) is 0.611. The second kappa shape index (κ2) is 6.49. The molecule has 3 heteroatoms. The Balaban J connectivity index is 1.67. The van der Waals surface area contributed by atoms with Gasteiger partial charge < -0.3 is 9.47 Å². The summed E-state index contributed by atoms with van der Waals surface area (Å²) < 4.78 is 12.0. The number of fused-ring (bicyclic) bond motifs is 3. The monoisotopic (exact) mass is 285 g/mol. The van der Waals surface area contributed by atoms with Crippen LogP contribution in [-0.4, -0.2) is 13.2 Å². The standard InChI is InChI=1S/C18H23NO2/c1-2-3-4-5-14-8-15-12-20-17-9-13(10-19)6-7-16(17)18(15)21-11-14/h6-7,9,14-15,18H,2-5,8,11-12H2,1H3/t14-,15-,18+/m0/s1. The van der Waals surface area contributed by atoms with E-state index in [-0.39, 0.29) is 6.10 Å². The van der Waals surface area contributed by atoms with E-state index in [0.717, 1.165) is 24.5 Å². The predicted octanol–water partition coefficient (Wildman–Crippen LogP) is 4.22. The minimum absolute atomic E-state index is 0.156. The van der Waals surface area contributed by atoms with Gasteiger partial charge in [0.2, 0.25) is 0 Å². The van der Waals surface area contributed by atoms with E-state index in [1.807, 2.05) is 18.2 Å². The Morgan fingerprint density at radius 2 is 2.19 bits per heavy atom. The molecule has 0 aliphatic carbocycles. The number of nitriles is 1. The summed E-state index contributed by atoms with van der Waals surface area (Å²) in [5.74, 6) is 1.98. The van der Waals surface area contributed by atoms with Crippen molar-refractivity contribution in [2.24, 2.45) is 11.8 Å². The molecule has 1 saturated heterocycles. The van der Waals surface area contributed by atoms with Gasteiger partial charge in [0.25, 0.3) is 0 Å². The molecule has 0 radical (unpaired) electrons. The number of unbranched alkanes of at least 4 members (excludes halogenated alkanes) is 2. The van der Waals surface area contributed by atoms with Gasteiger partial charge in [0.15, 0.2) is 0 Å². The van der Waals surface area contributed by atoms with E-state index < -0.39 is 0 Å². The van der Waals surface area contributed by atoms with Crippen molar-refractivity contribution in [1.82, 2.24) is 0 Å². The largest absolute Gasteiger partial charge is 0.493 e. The number of ether oxygens (including phenoxy) is 2. The van der Waals surface area contributed by atoms with Crippen molar-refractivity contribution in [2.75, 3.05) is 13.2 Å². The van der Waals surface area contributed by atoms with Gasteiger partial charge >= 0.3 is 0 Å². The molecule has 3 atom stereocenters. The van der Waals surface area contributed by atoms with Gasteiger partial charge in [-0.3, -0.25) is 0 Å². The summed E-state index contributed by atoms with van der Waals surface area (Å²) in [6, 6.07) is 7.86. The Kier molecular flexibility index (Phi) is 4.45. The molecule has 2 heterocycles. The number of rotatable bonds is 4. The van der Waals surface area contributed by atoms with Crippen molar-refractivity contribution < 1.29 is 9.47 Å². The van der Waals surface area contributed by atoms with Crippen molar-refractivity contribution in [1.29, 1.82) is 5.26 Å². The summed E-state index contributed by atoms with van der Waals surface area (Å²) in [6.07, 6.45) is 6.54. The molecule has 3 nitrogen and oxygen atoms in total. The summed E-state index contributed by atoms with van der Waals surface area (Å²) in [6.45, 7) is 3.83. The van der Waals surface area contributed by atoms with E-state index in [2.05, 4.69) is 13.0 Å². The topological polar surface area (TPSA) is 42.2 Å². The Bertz CT molecular complexity index is 535. The lowest BCUT2D eigenvalue weighted by Gasteiger charge is -2.40. The Hall–Kier alpha value is -1.53. The third-order valence-electron chi connectivity index (χ3n) is 4.69. The van der Waals surface area contributed by atoms with Crippen molar-refractivity contribution in [3.8, 4) is 11.8 Å². The molecule has 0 unspecified atom stereocenters. The van der Waals surface area contributed by atoms with Crippen molar-refractivity contribution in [3.05, 3.63) is 29.3 Å². The Labute approximate surface area is 126 Å². The lowest BCUT2D eigenvalue weighted by Crippen LogP contribution is -2.35. The van der Waals surface area contributed by atoms with Gasteiger partial charge in [-0.15, -0.1) is 0 Å². The molecule has 1 aromatic carbocycles. The SMILES string of the molecule is CCCCC[C@@H]1CO[C@H]2c3ccc(C#N)cc3OC[C@@H]2C1. The minimum atomic E-state index is 0.156. The molecule has 0 amide bonds. The number of hydrogen-bond acceptors (Lipinski definition) is 3. The summed E-state index contributed by atoms with van der Waals surface area (Å²) in [4.78, 5) is 0. The van der Waals surface area contributed by atoms with Crippen molar-refractivity contribution in [2.45, 2.75) is 45.1 Å². The lowest BCUT2D eigenvalue weighted by molar-refractivity contribution is -0.0835. The first-order valence-corrected chi connectivity index (χ1v) is 8.10. The zero-order valence-electron chi connectivity index (χ0n) is 12.7. The van der Waals surface area contributed by atoms with Crippen molar-refractivity contribution >= 4 is 0 Å². The molecule has 2 aliphatic heterocycles. The average molecular weight is 285 g/mol. The van der Waals surface area contributed by atoms with E-state index in [1.165, 1.54) is 32.1 Å². The van der Waals surface area contributed by atoms with Gasteiger partial charge in [-0.1, -0.05) is 32.3 Å². The predicted molar refractivity (Wildman–Crippen MR) is 81.1 cm³/mol. The van der Waals surface area contributed by atoms with Crippen LogP contribution in [0.3, 0.4) is 0 Å². The molecule has 0 N–H and O–H groups in total. The van der Waals surface area contributed by atoms with E-state index in [9.17, 15) is 0 Å². The third-order valence-corrected chi connectivity index (χ3v) is 4.69. The van der Waals surface area contributed by atoms with E-state index in [0.29, 0.717) is 17.4 Å². The molecule has 1 fully saturated rings. The van der Waals surface area contributed by atoms with Crippen LogP contribution in [0.1, 0.15) is 56.3 Å². The molecule has 21 heavy (non-hydrogen) atoms. The molecule has 0 spiro atoms. The molecule has 0 bridgehead atoms. The molecule has 2 aliphatic rings. The van der Waals surface area contributed by atoms with Crippen LogP contribution in [0.2, 0.25) is 0 Å². The van der Waals surface area contributed by atoms with Crippen LogP contribution in [-0.2, 0) is 4.74 Å². The third kappa shape index (κ3) is 3.06. The van der Waals surface area contributed by atoms with Gasteiger partial charge in [0, 0.05) is 11.5 Å². The fourth-order valence-electron chi connectivity index (χ4n) is 3.54. The zero-order chi connectivity index (χ0) is 14.7. The van der Waals surface area contributed by atoms with Crippen molar-refractivity contribution in [3.63, 3.8) is 0 Å². The normalized spacial score (nSPS) is 27.1. The van der Waals surface area contributed by atoms with E-state index >= 15 is 0 Å². The minimum Gasteiger partial charge on any atom is -0.493 e. The molecule has 0 saturated carbocycles. The second-order valence-corrected chi connectivity index (χ2v) is 6.29. The first-order valence-electron chi connectivity index (χ1n) is 8.10. The zero-order valence-corrected chi connectivity index (χ0v) is 12.7. The van der Waals surface area contributed by atoms with Crippen LogP contribution in [0.25, 0.3) is 0 Å². The summed E-state index contributed by atoms with van der Waals surface area (Å²) in [7, 11) is 0. The maximum atomic E-state index is 8.97. The Morgan fingerprint density at radius 3 is 3.00 bits per heavy atom. The van der Waals surface area contributed by atoms with E-state index in [4.69, 9.17) is 14.7 Å². The summed E-state index contributed by atoms with van der Waals surface area (Å²) >= 11 is 0. The van der Waals surface area contributed by atoms with Crippen LogP contribution in [0.15, 0.2) is 18.2 Å².